The number of nitrogens with one attached hydrogen (secondary N) is 1. The second kappa shape index (κ2) is 10.0. The van der Waals surface area contributed by atoms with Crippen LogP contribution in [0.4, 0.5) is 18.9 Å². The number of aromatic nitrogens is 1. The summed E-state index contributed by atoms with van der Waals surface area (Å²) in [6.07, 6.45) is -0.277. The number of carbonyl (C=O) groups is 1. The van der Waals surface area contributed by atoms with Gasteiger partial charge >= 0.3 is 12.1 Å². The van der Waals surface area contributed by atoms with E-state index >= 15 is 0 Å². The van der Waals surface area contributed by atoms with Crippen LogP contribution >= 0.6 is 0 Å². The highest BCUT2D eigenvalue weighted by atomic mass is 19.4. The molecule has 0 bridgehead atoms. The van der Waals surface area contributed by atoms with Gasteiger partial charge in [0.1, 0.15) is 5.69 Å². The van der Waals surface area contributed by atoms with Crippen LogP contribution in [0.2, 0.25) is 0 Å². The van der Waals surface area contributed by atoms with Gasteiger partial charge in [-0.05, 0) is 60.9 Å². The van der Waals surface area contributed by atoms with Crippen molar-refractivity contribution < 1.29 is 27.6 Å². The molecule has 3 aromatic carbocycles. The zero-order chi connectivity index (χ0) is 26.9. The van der Waals surface area contributed by atoms with Gasteiger partial charge in [0.25, 0.3) is 0 Å². The first-order valence-electron chi connectivity index (χ1n) is 12.5. The van der Waals surface area contributed by atoms with Gasteiger partial charge in [-0.2, -0.15) is 13.2 Å². The molecular formula is C30H27F3N2O3. The van der Waals surface area contributed by atoms with Crippen molar-refractivity contribution in [3.8, 4) is 22.5 Å². The molecule has 1 aliphatic carbocycles. The SMILES string of the molecule is CC(CCc1cccc(C(F)(F)F)c1)Nc1cnoc1-c1ccc(-c2ccc(C3(C(=O)O)CC3)cc2)cc1. The number of hydrogen-bond acceptors (Lipinski definition) is 4. The van der Waals surface area contributed by atoms with Gasteiger partial charge in [-0.3, -0.25) is 4.79 Å². The number of carboxylic acid groups (broad SMARTS) is 1. The van der Waals surface area contributed by atoms with Gasteiger partial charge in [-0.25, -0.2) is 0 Å². The van der Waals surface area contributed by atoms with E-state index in [1.165, 1.54) is 12.1 Å². The maximum Gasteiger partial charge on any atom is 0.416 e. The molecule has 0 saturated heterocycles. The maximum atomic E-state index is 13.0. The van der Waals surface area contributed by atoms with Crippen LogP contribution in [-0.4, -0.2) is 22.3 Å². The van der Waals surface area contributed by atoms with Crippen molar-refractivity contribution in [2.75, 3.05) is 5.32 Å². The third kappa shape index (κ3) is 5.30. The second-order valence-electron chi connectivity index (χ2n) is 9.89. The van der Waals surface area contributed by atoms with Gasteiger partial charge in [0.15, 0.2) is 5.76 Å². The summed E-state index contributed by atoms with van der Waals surface area (Å²) in [4.78, 5) is 11.6. The highest BCUT2D eigenvalue weighted by Crippen LogP contribution is 2.48. The number of benzene rings is 3. The molecule has 0 spiro atoms. The lowest BCUT2D eigenvalue weighted by Crippen LogP contribution is -2.19. The Morgan fingerprint density at radius 3 is 2.26 bits per heavy atom. The fraction of sp³-hybridized carbons (Fsp3) is 0.267. The molecular weight excluding hydrogens is 493 g/mol. The Morgan fingerprint density at radius 2 is 1.66 bits per heavy atom. The normalized spacial score (nSPS) is 15.2. The van der Waals surface area contributed by atoms with Gasteiger partial charge in [-0.15, -0.1) is 0 Å². The van der Waals surface area contributed by atoms with Gasteiger partial charge in [0, 0.05) is 11.6 Å². The lowest BCUT2D eigenvalue weighted by atomic mass is 9.93. The van der Waals surface area contributed by atoms with Crippen LogP contribution in [0.5, 0.6) is 0 Å². The van der Waals surface area contributed by atoms with E-state index in [0.717, 1.165) is 28.3 Å². The zero-order valence-electron chi connectivity index (χ0n) is 20.8. The maximum absolute atomic E-state index is 13.0. The van der Waals surface area contributed by atoms with E-state index < -0.39 is 23.1 Å². The highest BCUT2D eigenvalue weighted by Gasteiger charge is 2.51. The van der Waals surface area contributed by atoms with Gasteiger partial charge < -0.3 is 14.9 Å². The minimum Gasteiger partial charge on any atom is -0.481 e. The van der Waals surface area contributed by atoms with Gasteiger partial charge in [0.2, 0.25) is 0 Å². The number of rotatable bonds is 9. The minimum atomic E-state index is -4.35. The van der Waals surface area contributed by atoms with E-state index in [0.29, 0.717) is 42.7 Å². The number of carboxylic acids is 1. The molecule has 38 heavy (non-hydrogen) atoms. The number of alkyl halides is 3. The minimum absolute atomic E-state index is 0.0268. The highest BCUT2D eigenvalue weighted by molar-refractivity contribution is 5.85. The molecule has 1 unspecified atom stereocenters. The van der Waals surface area contributed by atoms with Crippen LogP contribution < -0.4 is 5.32 Å². The lowest BCUT2D eigenvalue weighted by molar-refractivity contribution is -0.140. The molecule has 0 radical (unpaired) electrons. The van der Waals surface area contributed by atoms with Crippen molar-refractivity contribution in [2.24, 2.45) is 0 Å². The number of anilines is 1. The molecule has 5 rings (SSSR count). The van der Waals surface area contributed by atoms with Crippen molar-refractivity contribution in [3.05, 3.63) is 95.7 Å². The third-order valence-electron chi connectivity index (χ3n) is 7.17. The Hall–Kier alpha value is -4.07. The topological polar surface area (TPSA) is 75.4 Å². The van der Waals surface area contributed by atoms with Crippen molar-refractivity contribution >= 4 is 11.7 Å². The predicted molar refractivity (Wildman–Crippen MR) is 139 cm³/mol. The van der Waals surface area contributed by atoms with Crippen molar-refractivity contribution in [3.63, 3.8) is 0 Å². The van der Waals surface area contributed by atoms with E-state index in [-0.39, 0.29) is 6.04 Å². The molecule has 1 aromatic heterocycles. The van der Waals surface area contributed by atoms with Crippen molar-refractivity contribution in [1.29, 1.82) is 0 Å². The first kappa shape index (κ1) is 25.6. The Bertz CT molecular complexity index is 1420. The van der Waals surface area contributed by atoms with E-state index in [4.69, 9.17) is 4.52 Å². The van der Waals surface area contributed by atoms with E-state index in [2.05, 4.69) is 10.5 Å². The smallest absolute Gasteiger partial charge is 0.416 e. The molecule has 1 aliphatic rings. The standard InChI is InChI=1S/C30H27F3N2O3/c1-19(5-6-20-3-2-4-25(17-20)30(31,32)33)35-26-18-34-38-27(26)23-9-7-21(8-10-23)22-11-13-24(14-12-22)29(15-16-29)28(36)37/h2-4,7-14,17-19,35H,5-6,15-16H2,1H3,(H,36,37). The fourth-order valence-corrected chi connectivity index (χ4v) is 4.72. The largest absolute Gasteiger partial charge is 0.481 e. The van der Waals surface area contributed by atoms with Gasteiger partial charge in [-0.1, -0.05) is 71.9 Å². The number of aryl methyl sites for hydroxylation is 1. The molecule has 4 aromatic rings. The summed E-state index contributed by atoms with van der Waals surface area (Å²) in [6.45, 7) is 1.97. The lowest BCUT2D eigenvalue weighted by Gasteiger charge is -2.15. The average molecular weight is 521 g/mol. The summed E-state index contributed by atoms with van der Waals surface area (Å²) >= 11 is 0. The van der Waals surface area contributed by atoms with Crippen molar-refractivity contribution in [2.45, 2.75) is 50.2 Å². The quantitative estimate of drug-likeness (QED) is 0.238. The molecule has 1 fully saturated rings. The molecule has 1 heterocycles. The summed E-state index contributed by atoms with van der Waals surface area (Å²) in [5.74, 6) is -0.189. The second-order valence-corrected chi connectivity index (χ2v) is 9.89. The molecule has 196 valence electrons. The molecule has 0 amide bonds. The van der Waals surface area contributed by atoms with Crippen LogP contribution in [0.1, 0.15) is 42.9 Å². The molecule has 1 saturated carbocycles. The molecule has 2 N–H and O–H groups in total. The van der Waals surface area contributed by atoms with E-state index in [1.54, 1.807) is 12.3 Å². The first-order valence-corrected chi connectivity index (χ1v) is 12.5. The van der Waals surface area contributed by atoms with E-state index in [9.17, 15) is 23.1 Å². The number of hydrogen-bond donors (Lipinski definition) is 2. The molecule has 0 aliphatic heterocycles. The summed E-state index contributed by atoms with van der Waals surface area (Å²) < 4.78 is 44.5. The summed E-state index contributed by atoms with van der Waals surface area (Å²) in [7, 11) is 0. The number of aliphatic carboxylic acids is 1. The van der Waals surface area contributed by atoms with Crippen LogP contribution in [0.25, 0.3) is 22.5 Å². The van der Waals surface area contributed by atoms with Gasteiger partial charge in [0.05, 0.1) is 17.2 Å². The Labute approximate surface area is 218 Å². The summed E-state index contributed by atoms with van der Waals surface area (Å²) in [5.41, 5.74) is 3.64. The first-order chi connectivity index (χ1) is 18.2. The van der Waals surface area contributed by atoms with E-state index in [1.807, 2.05) is 55.5 Å². The monoisotopic (exact) mass is 520 g/mol. The molecule has 5 nitrogen and oxygen atoms in total. The Balaban J connectivity index is 1.23. The Kier molecular flexibility index (Phi) is 6.73. The predicted octanol–water partition coefficient (Wildman–Crippen LogP) is 7.58. The van der Waals surface area contributed by atoms with Crippen LogP contribution in [0.15, 0.2) is 83.5 Å². The third-order valence-corrected chi connectivity index (χ3v) is 7.17. The van der Waals surface area contributed by atoms with Crippen LogP contribution in [-0.2, 0) is 22.8 Å². The van der Waals surface area contributed by atoms with Crippen LogP contribution in [0.3, 0.4) is 0 Å². The molecule has 8 heteroatoms. The number of nitrogens with zero attached hydrogens (tertiary/aromatic N) is 1. The summed E-state index contributed by atoms with van der Waals surface area (Å²) in [6, 6.07) is 20.9. The molecule has 1 atom stereocenters. The fourth-order valence-electron chi connectivity index (χ4n) is 4.72. The number of halogens is 3. The van der Waals surface area contributed by atoms with Crippen LogP contribution in [0, 0.1) is 0 Å². The summed E-state index contributed by atoms with van der Waals surface area (Å²) in [5, 5.41) is 16.8. The zero-order valence-corrected chi connectivity index (χ0v) is 20.8. The Morgan fingerprint density at radius 1 is 1.03 bits per heavy atom. The average Bonchev–Trinajstić information content (AvgIpc) is 3.61. The van der Waals surface area contributed by atoms with Crippen molar-refractivity contribution in [1.82, 2.24) is 5.16 Å².